The van der Waals surface area contributed by atoms with Gasteiger partial charge in [-0.3, -0.25) is 15.1 Å². The molecule has 0 bridgehead atoms. The highest BCUT2D eigenvalue weighted by atomic mass is 16.6. The zero-order valence-electron chi connectivity index (χ0n) is 10.0. The standard InChI is InChI=1S/C13H10N2O4/c1-8-7-10(15(18)19)11(13(16)17)12(14-8)9-5-3-2-4-6-9/h2-7H,1H3,(H,16,17). The van der Waals surface area contributed by atoms with Gasteiger partial charge in [0.1, 0.15) is 0 Å². The fraction of sp³-hybridized carbons (Fsp3) is 0.0769. The van der Waals surface area contributed by atoms with E-state index in [2.05, 4.69) is 4.98 Å². The van der Waals surface area contributed by atoms with E-state index in [1.165, 1.54) is 0 Å². The number of hydrogen-bond donors (Lipinski definition) is 1. The minimum absolute atomic E-state index is 0.111. The van der Waals surface area contributed by atoms with Gasteiger partial charge in [0.25, 0.3) is 5.69 Å². The van der Waals surface area contributed by atoms with Crippen LogP contribution < -0.4 is 0 Å². The second kappa shape index (κ2) is 4.85. The van der Waals surface area contributed by atoms with Crippen molar-refractivity contribution in [1.29, 1.82) is 0 Å². The molecule has 0 unspecified atom stereocenters. The van der Waals surface area contributed by atoms with Crippen LogP contribution >= 0.6 is 0 Å². The first-order valence-corrected chi connectivity index (χ1v) is 5.45. The molecular weight excluding hydrogens is 248 g/mol. The molecule has 0 saturated carbocycles. The minimum Gasteiger partial charge on any atom is -0.477 e. The summed E-state index contributed by atoms with van der Waals surface area (Å²) in [5.74, 6) is -1.36. The highest BCUT2D eigenvalue weighted by Gasteiger charge is 2.26. The van der Waals surface area contributed by atoms with Crippen LogP contribution in [-0.4, -0.2) is 21.0 Å². The number of aryl methyl sites for hydroxylation is 1. The molecule has 2 rings (SSSR count). The first kappa shape index (κ1) is 12.7. The Bertz CT molecular complexity index is 653. The molecule has 0 aliphatic carbocycles. The zero-order valence-corrected chi connectivity index (χ0v) is 10.0. The van der Waals surface area contributed by atoms with Crippen LogP contribution in [0.1, 0.15) is 16.1 Å². The molecule has 0 fully saturated rings. The Labute approximate surface area is 108 Å². The van der Waals surface area contributed by atoms with Crippen molar-refractivity contribution in [2.24, 2.45) is 0 Å². The van der Waals surface area contributed by atoms with E-state index in [0.29, 0.717) is 11.3 Å². The molecular formula is C13H10N2O4. The van der Waals surface area contributed by atoms with E-state index in [9.17, 15) is 20.0 Å². The van der Waals surface area contributed by atoms with Gasteiger partial charge in [0.15, 0.2) is 5.56 Å². The molecule has 0 spiro atoms. The Morgan fingerprint density at radius 3 is 2.47 bits per heavy atom. The molecule has 0 atom stereocenters. The van der Waals surface area contributed by atoms with E-state index in [0.717, 1.165) is 6.07 Å². The molecule has 0 radical (unpaired) electrons. The van der Waals surface area contributed by atoms with Crippen LogP contribution in [0.4, 0.5) is 5.69 Å². The van der Waals surface area contributed by atoms with E-state index in [1.807, 2.05) is 0 Å². The lowest BCUT2D eigenvalue weighted by molar-refractivity contribution is -0.385. The number of aromatic nitrogens is 1. The molecule has 0 amide bonds. The van der Waals surface area contributed by atoms with Crippen molar-refractivity contribution in [3.05, 3.63) is 57.8 Å². The second-order valence-corrected chi connectivity index (χ2v) is 3.93. The van der Waals surface area contributed by atoms with Crippen molar-refractivity contribution < 1.29 is 14.8 Å². The molecule has 6 heteroatoms. The average Bonchev–Trinajstić information content (AvgIpc) is 2.38. The predicted molar refractivity (Wildman–Crippen MR) is 68.0 cm³/mol. The van der Waals surface area contributed by atoms with Crippen LogP contribution in [0.5, 0.6) is 0 Å². The Morgan fingerprint density at radius 2 is 1.95 bits per heavy atom. The molecule has 19 heavy (non-hydrogen) atoms. The third kappa shape index (κ3) is 2.42. The number of benzene rings is 1. The summed E-state index contributed by atoms with van der Waals surface area (Å²) in [6.45, 7) is 1.59. The summed E-state index contributed by atoms with van der Waals surface area (Å²) in [7, 11) is 0. The maximum Gasteiger partial charge on any atom is 0.345 e. The van der Waals surface area contributed by atoms with Crippen molar-refractivity contribution in [2.75, 3.05) is 0 Å². The Balaban J connectivity index is 2.80. The Kier molecular flexibility index (Phi) is 3.24. The van der Waals surface area contributed by atoms with Gasteiger partial charge in [0.05, 0.1) is 10.6 Å². The Morgan fingerprint density at radius 1 is 1.32 bits per heavy atom. The van der Waals surface area contributed by atoms with E-state index >= 15 is 0 Å². The van der Waals surface area contributed by atoms with Gasteiger partial charge in [-0.1, -0.05) is 30.3 Å². The lowest BCUT2D eigenvalue weighted by Gasteiger charge is -2.07. The topological polar surface area (TPSA) is 93.3 Å². The quantitative estimate of drug-likeness (QED) is 0.674. The van der Waals surface area contributed by atoms with Crippen LogP contribution in [0.25, 0.3) is 11.3 Å². The third-order valence-corrected chi connectivity index (χ3v) is 2.58. The number of carboxylic acids is 1. The molecule has 0 saturated heterocycles. The number of carboxylic acid groups (broad SMARTS) is 1. The predicted octanol–water partition coefficient (Wildman–Crippen LogP) is 2.66. The van der Waals surface area contributed by atoms with Crippen LogP contribution in [-0.2, 0) is 0 Å². The third-order valence-electron chi connectivity index (χ3n) is 2.58. The fourth-order valence-corrected chi connectivity index (χ4v) is 1.82. The van der Waals surface area contributed by atoms with Gasteiger partial charge in [0.2, 0.25) is 0 Å². The Hall–Kier alpha value is -2.76. The summed E-state index contributed by atoms with van der Waals surface area (Å²) in [6, 6.07) is 9.70. The van der Waals surface area contributed by atoms with Gasteiger partial charge in [-0.05, 0) is 6.92 Å². The zero-order chi connectivity index (χ0) is 14.0. The van der Waals surface area contributed by atoms with Crippen molar-refractivity contribution >= 4 is 11.7 Å². The molecule has 0 aliphatic rings. The van der Waals surface area contributed by atoms with E-state index in [-0.39, 0.29) is 11.3 Å². The number of carbonyl (C=O) groups is 1. The highest BCUT2D eigenvalue weighted by molar-refractivity contribution is 5.99. The smallest absolute Gasteiger partial charge is 0.345 e. The van der Waals surface area contributed by atoms with Crippen molar-refractivity contribution in [3.63, 3.8) is 0 Å². The van der Waals surface area contributed by atoms with E-state index in [1.54, 1.807) is 37.3 Å². The van der Waals surface area contributed by atoms with Crippen LogP contribution in [0.15, 0.2) is 36.4 Å². The summed E-state index contributed by atoms with van der Waals surface area (Å²) >= 11 is 0. The number of hydrogen-bond acceptors (Lipinski definition) is 4. The normalized spacial score (nSPS) is 10.2. The van der Waals surface area contributed by atoms with Gasteiger partial charge in [0, 0.05) is 17.3 Å². The first-order chi connectivity index (χ1) is 9.00. The first-order valence-electron chi connectivity index (χ1n) is 5.45. The molecule has 1 heterocycles. The average molecular weight is 258 g/mol. The van der Waals surface area contributed by atoms with E-state index < -0.39 is 16.6 Å². The van der Waals surface area contributed by atoms with Gasteiger partial charge >= 0.3 is 5.97 Å². The van der Waals surface area contributed by atoms with Crippen LogP contribution in [0, 0.1) is 17.0 Å². The second-order valence-electron chi connectivity index (χ2n) is 3.93. The molecule has 6 nitrogen and oxygen atoms in total. The fourth-order valence-electron chi connectivity index (χ4n) is 1.82. The largest absolute Gasteiger partial charge is 0.477 e. The lowest BCUT2D eigenvalue weighted by Crippen LogP contribution is -2.07. The summed E-state index contributed by atoms with van der Waals surface area (Å²) in [6.07, 6.45) is 0. The number of aromatic carboxylic acids is 1. The maximum atomic E-state index is 11.3. The van der Waals surface area contributed by atoms with Crippen LogP contribution in [0.3, 0.4) is 0 Å². The van der Waals surface area contributed by atoms with Gasteiger partial charge in [-0.25, -0.2) is 4.79 Å². The highest BCUT2D eigenvalue weighted by Crippen LogP contribution is 2.29. The van der Waals surface area contributed by atoms with Crippen molar-refractivity contribution in [2.45, 2.75) is 6.92 Å². The summed E-state index contributed by atoms with van der Waals surface area (Å²) in [5.41, 5.74) is 0.211. The molecule has 1 aromatic heterocycles. The van der Waals surface area contributed by atoms with Crippen molar-refractivity contribution in [1.82, 2.24) is 4.98 Å². The van der Waals surface area contributed by atoms with Gasteiger partial charge in [-0.2, -0.15) is 0 Å². The monoisotopic (exact) mass is 258 g/mol. The molecule has 96 valence electrons. The molecule has 1 aromatic carbocycles. The number of nitro groups is 1. The molecule has 1 N–H and O–H groups in total. The number of rotatable bonds is 3. The summed E-state index contributed by atoms with van der Waals surface area (Å²) in [5, 5.41) is 20.2. The van der Waals surface area contributed by atoms with Gasteiger partial charge < -0.3 is 5.11 Å². The number of pyridine rings is 1. The summed E-state index contributed by atoms with van der Waals surface area (Å²) < 4.78 is 0. The number of nitrogens with zero attached hydrogens (tertiary/aromatic N) is 2. The lowest BCUT2D eigenvalue weighted by atomic mass is 10.0. The van der Waals surface area contributed by atoms with E-state index in [4.69, 9.17) is 0 Å². The minimum atomic E-state index is -1.36. The molecule has 2 aromatic rings. The van der Waals surface area contributed by atoms with Crippen molar-refractivity contribution in [3.8, 4) is 11.3 Å². The summed E-state index contributed by atoms with van der Waals surface area (Å²) in [4.78, 5) is 25.7. The molecule has 0 aliphatic heterocycles. The van der Waals surface area contributed by atoms with Crippen LogP contribution in [0.2, 0.25) is 0 Å². The maximum absolute atomic E-state index is 11.3. The van der Waals surface area contributed by atoms with Gasteiger partial charge in [-0.15, -0.1) is 0 Å². The SMILES string of the molecule is Cc1cc([N+](=O)[O-])c(C(=O)O)c(-c2ccccc2)n1.